The lowest BCUT2D eigenvalue weighted by Crippen LogP contribution is -2.40. The molecule has 0 bridgehead atoms. The molecule has 1 aromatic rings. The summed E-state index contributed by atoms with van der Waals surface area (Å²) < 4.78 is 0. The lowest BCUT2D eigenvalue weighted by atomic mass is 10.1. The molecule has 0 spiro atoms. The fourth-order valence-corrected chi connectivity index (χ4v) is 2.52. The van der Waals surface area contributed by atoms with Crippen molar-refractivity contribution in [2.45, 2.75) is 43.5 Å². The highest BCUT2D eigenvalue weighted by Gasteiger charge is 2.23. The third-order valence-electron chi connectivity index (χ3n) is 3.19. The lowest BCUT2D eigenvalue weighted by molar-refractivity contribution is 0.0934. The average molecular weight is 253 g/mol. The van der Waals surface area contributed by atoms with Gasteiger partial charge < -0.3 is 5.32 Å². The van der Waals surface area contributed by atoms with E-state index in [2.05, 4.69) is 10.3 Å². The van der Waals surface area contributed by atoms with Gasteiger partial charge in [-0.2, -0.15) is 0 Å². The van der Waals surface area contributed by atoms with Crippen molar-refractivity contribution >= 4 is 17.5 Å². The van der Waals surface area contributed by atoms with Crippen LogP contribution in [0.3, 0.4) is 0 Å². The van der Waals surface area contributed by atoms with Crippen molar-refractivity contribution < 1.29 is 4.79 Å². The van der Waals surface area contributed by atoms with Crippen LogP contribution in [0, 0.1) is 0 Å². The van der Waals surface area contributed by atoms with Gasteiger partial charge in [0.25, 0.3) is 5.91 Å². The molecule has 17 heavy (non-hydrogen) atoms. The molecule has 92 valence electrons. The Morgan fingerprint density at radius 2 is 1.94 bits per heavy atom. The van der Waals surface area contributed by atoms with Gasteiger partial charge in [0, 0.05) is 24.0 Å². The number of hydrogen-bond acceptors (Lipinski definition) is 2. The maximum absolute atomic E-state index is 12.0. The summed E-state index contributed by atoms with van der Waals surface area (Å²) in [5, 5.41) is 3.08. The standard InChI is InChI=1S/C13H17ClN2O/c14-11-4-2-1-3-5-12(11)16-13(17)10-6-8-15-9-7-10/h6-9,11-12H,1-5H2,(H,16,17). The largest absolute Gasteiger partial charge is 0.348 e. The number of carbonyl (C=O) groups excluding carboxylic acids is 1. The molecular formula is C13H17ClN2O. The molecule has 1 aliphatic carbocycles. The lowest BCUT2D eigenvalue weighted by Gasteiger charge is -2.21. The molecular weight excluding hydrogens is 236 g/mol. The first-order chi connectivity index (χ1) is 8.27. The molecule has 4 heteroatoms. The first kappa shape index (κ1) is 12.4. The predicted molar refractivity (Wildman–Crippen MR) is 68.2 cm³/mol. The van der Waals surface area contributed by atoms with Crippen LogP contribution in [0.15, 0.2) is 24.5 Å². The number of amides is 1. The second-order valence-corrected chi connectivity index (χ2v) is 5.03. The summed E-state index contributed by atoms with van der Waals surface area (Å²) in [5.41, 5.74) is 0.646. The highest BCUT2D eigenvalue weighted by Crippen LogP contribution is 2.22. The van der Waals surface area contributed by atoms with Crippen molar-refractivity contribution in [2.75, 3.05) is 0 Å². The Kier molecular flexibility index (Phi) is 4.37. The Labute approximate surface area is 107 Å². The minimum absolute atomic E-state index is 0.0510. The number of nitrogens with zero attached hydrogens (tertiary/aromatic N) is 1. The number of pyridine rings is 1. The summed E-state index contributed by atoms with van der Waals surface area (Å²) in [5.74, 6) is -0.0510. The Hall–Kier alpha value is -1.09. The van der Waals surface area contributed by atoms with E-state index in [0.717, 1.165) is 25.7 Å². The Bertz CT molecular complexity index is 369. The van der Waals surface area contributed by atoms with Crippen LogP contribution in [0.25, 0.3) is 0 Å². The van der Waals surface area contributed by atoms with Gasteiger partial charge in [-0.1, -0.05) is 19.3 Å². The Morgan fingerprint density at radius 1 is 1.24 bits per heavy atom. The second-order valence-electron chi connectivity index (χ2n) is 4.47. The van der Waals surface area contributed by atoms with Gasteiger partial charge in [0.2, 0.25) is 0 Å². The third-order valence-corrected chi connectivity index (χ3v) is 3.71. The van der Waals surface area contributed by atoms with E-state index in [4.69, 9.17) is 11.6 Å². The zero-order chi connectivity index (χ0) is 12.1. The number of halogens is 1. The Balaban J connectivity index is 1.98. The van der Waals surface area contributed by atoms with E-state index in [1.807, 2.05) is 0 Å². The van der Waals surface area contributed by atoms with Gasteiger partial charge in [-0.15, -0.1) is 11.6 Å². The predicted octanol–water partition coefficient (Wildman–Crippen LogP) is 2.75. The fraction of sp³-hybridized carbons (Fsp3) is 0.538. The molecule has 0 aliphatic heterocycles. The summed E-state index contributed by atoms with van der Waals surface area (Å²) in [6.45, 7) is 0. The maximum atomic E-state index is 12.0. The number of nitrogens with one attached hydrogen (secondary N) is 1. The topological polar surface area (TPSA) is 42.0 Å². The monoisotopic (exact) mass is 252 g/mol. The first-order valence-corrected chi connectivity index (χ1v) is 6.56. The van der Waals surface area contributed by atoms with Gasteiger partial charge in [0.1, 0.15) is 0 Å². The zero-order valence-electron chi connectivity index (χ0n) is 9.73. The zero-order valence-corrected chi connectivity index (χ0v) is 10.5. The molecule has 1 aliphatic rings. The molecule has 3 nitrogen and oxygen atoms in total. The Morgan fingerprint density at radius 3 is 2.71 bits per heavy atom. The highest BCUT2D eigenvalue weighted by atomic mass is 35.5. The summed E-state index contributed by atoms with van der Waals surface area (Å²) >= 11 is 6.29. The van der Waals surface area contributed by atoms with E-state index in [1.165, 1.54) is 6.42 Å². The SMILES string of the molecule is O=C(NC1CCCCCC1Cl)c1ccncc1. The molecule has 2 rings (SSSR count). The molecule has 1 fully saturated rings. The van der Waals surface area contributed by atoms with Gasteiger partial charge in [0.05, 0.1) is 5.38 Å². The third kappa shape index (κ3) is 3.43. The first-order valence-electron chi connectivity index (χ1n) is 6.12. The molecule has 1 aromatic heterocycles. The quantitative estimate of drug-likeness (QED) is 0.650. The van der Waals surface area contributed by atoms with Gasteiger partial charge >= 0.3 is 0 Å². The molecule has 0 aromatic carbocycles. The van der Waals surface area contributed by atoms with Crippen molar-refractivity contribution in [1.29, 1.82) is 0 Å². The molecule has 1 amide bonds. The minimum atomic E-state index is -0.0510. The van der Waals surface area contributed by atoms with Crippen LogP contribution < -0.4 is 5.32 Å². The maximum Gasteiger partial charge on any atom is 0.251 e. The highest BCUT2D eigenvalue weighted by molar-refractivity contribution is 6.21. The normalized spacial score (nSPS) is 25.0. The summed E-state index contributed by atoms with van der Waals surface area (Å²) in [7, 11) is 0. The summed E-state index contributed by atoms with van der Waals surface area (Å²) in [4.78, 5) is 15.9. The van der Waals surface area contributed by atoms with Crippen LogP contribution in [0.1, 0.15) is 42.5 Å². The van der Waals surface area contributed by atoms with E-state index < -0.39 is 0 Å². The molecule has 2 unspecified atom stereocenters. The molecule has 0 saturated heterocycles. The van der Waals surface area contributed by atoms with Crippen LogP contribution in [0.2, 0.25) is 0 Å². The van der Waals surface area contributed by atoms with E-state index in [-0.39, 0.29) is 17.3 Å². The van der Waals surface area contributed by atoms with Crippen molar-refractivity contribution in [3.63, 3.8) is 0 Å². The number of carbonyl (C=O) groups is 1. The number of hydrogen-bond donors (Lipinski definition) is 1. The summed E-state index contributed by atoms with van der Waals surface area (Å²) in [6, 6.07) is 3.53. The molecule has 1 heterocycles. The van der Waals surface area contributed by atoms with E-state index in [9.17, 15) is 4.79 Å². The molecule has 0 radical (unpaired) electrons. The number of rotatable bonds is 2. The van der Waals surface area contributed by atoms with Gasteiger partial charge in [0.15, 0.2) is 0 Å². The molecule has 1 N–H and O–H groups in total. The van der Waals surface area contributed by atoms with E-state index in [1.54, 1.807) is 24.5 Å². The van der Waals surface area contributed by atoms with Gasteiger partial charge in [-0.05, 0) is 25.0 Å². The number of alkyl halides is 1. The van der Waals surface area contributed by atoms with Crippen LogP contribution in [-0.2, 0) is 0 Å². The average Bonchev–Trinajstić information content (AvgIpc) is 2.56. The number of aromatic nitrogens is 1. The van der Waals surface area contributed by atoms with Crippen molar-refractivity contribution in [3.05, 3.63) is 30.1 Å². The summed E-state index contributed by atoms with van der Waals surface area (Å²) in [6.07, 6.45) is 8.74. The van der Waals surface area contributed by atoms with E-state index in [0.29, 0.717) is 5.56 Å². The van der Waals surface area contributed by atoms with Crippen LogP contribution in [-0.4, -0.2) is 22.3 Å². The van der Waals surface area contributed by atoms with E-state index >= 15 is 0 Å². The smallest absolute Gasteiger partial charge is 0.251 e. The van der Waals surface area contributed by atoms with Gasteiger partial charge in [-0.3, -0.25) is 9.78 Å². The van der Waals surface area contributed by atoms with Crippen molar-refractivity contribution in [3.8, 4) is 0 Å². The van der Waals surface area contributed by atoms with Crippen molar-refractivity contribution in [1.82, 2.24) is 10.3 Å². The fourth-order valence-electron chi connectivity index (χ4n) is 2.18. The van der Waals surface area contributed by atoms with Crippen LogP contribution in [0.5, 0.6) is 0 Å². The molecule has 1 saturated carbocycles. The van der Waals surface area contributed by atoms with Crippen LogP contribution >= 0.6 is 11.6 Å². The minimum Gasteiger partial charge on any atom is -0.348 e. The van der Waals surface area contributed by atoms with Crippen LogP contribution in [0.4, 0.5) is 0 Å². The second kappa shape index (κ2) is 6.01. The van der Waals surface area contributed by atoms with Gasteiger partial charge in [-0.25, -0.2) is 0 Å². The van der Waals surface area contributed by atoms with Crippen molar-refractivity contribution in [2.24, 2.45) is 0 Å². The molecule has 2 atom stereocenters.